The van der Waals surface area contributed by atoms with Gasteiger partial charge < -0.3 is 9.47 Å². The summed E-state index contributed by atoms with van der Waals surface area (Å²) in [4.78, 5) is 10.9. The lowest BCUT2D eigenvalue weighted by molar-refractivity contribution is 0.180. The van der Waals surface area contributed by atoms with Crippen LogP contribution in [0, 0.1) is 5.82 Å². The van der Waals surface area contributed by atoms with Gasteiger partial charge in [0, 0.05) is 12.1 Å². The van der Waals surface area contributed by atoms with Crippen molar-refractivity contribution in [3.8, 4) is 5.75 Å². The number of nitrogens with one attached hydrogen (secondary N) is 1. The van der Waals surface area contributed by atoms with Gasteiger partial charge in [-0.1, -0.05) is 11.6 Å². The highest BCUT2D eigenvalue weighted by atomic mass is 35.5. The van der Waals surface area contributed by atoms with Crippen LogP contribution in [0.5, 0.6) is 5.75 Å². The van der Waals surface area contributed by atoms with Crippen molar-refractivity contribution in [2.45, 2.75) is 0 Å². The van der Waals surface area contributed by atoms with Crippen LogP contribution in [0.15, 0.2) is 18.2 Å². The molecule has 0 saturated heterocycles. The quantitative estimate of drug-likeness (QED) is 0.817. The van der Waals surface area contributed by atoms with Crippen molar-refractivity contribution >= 4 is 23.4 Å². The van der Waals surface area contributed by atoms with Crippen molar-refractivity contribution < 1.29 is 18.7 Å². The molecule has 0 aliphatic heterocycles. The number of halogens is 2. The number of rotatable bonds is 3. The Balaban J connectivity index is 2.76. The van der Waals surface area contributed by atoms with Gasteiger partial charge in [-0.25, -0.2) is 9.18 Å². The van der Waals surface area contributed by atoms with Gasteiger partial charge in [0.15, 0.2) is 6.07 Å². The maximum Gasteiger partial charge on any atom is 0.412 e. The van der Waals surface area contributed by atoms with Crippen LogP contribution in [0.1, 0.15) is 0 Å². The Morgan fingerprint density at radius 3 is 2.87 bits per heavy atom. The van der Waals surface area contributed by atoms with E-state index in [0.29, 0.717) is 5.75 Å². The lowest BCUT2D eigenvalue weighted by Crippen LogP contribution is -2.12. The van der Waals surface area contributed by atoms with Crippen LogP contribution in [-0.4, -0.2) is 19.3 Å². The molecule has 0 spiro atoms. The Morgan fingerprint density at radius 2 is 2.27 bits per heavy atom. The van der Waals surface area contributed by atoms with E-state index in [1.165, 1.54) is 19.2 Å². The first kappa shape index (κ1) is 11.6. The SMILES string of the molecule is COc1cc(F)cc(NC(=O)OCCl)c1. The largest absolute Gasteiger partial charge is 0.497 e. The van der Waals surface area contributed by atoms with E-state index >= 15 is 0 Å². The van der Waals surface area contributed by atoms with Crippen LogP contribution >= 0.6 is 11.6 Å². The molecule has 6 heteroatoms. The summed E-state index contributed by atoms with van der Waals surface area (Å²) in [6.45, 7) is 0. The van der Waals surface area contributed by atoms with E-state index in [-0.39, 0.29) is 11.8 Å². The van der Waals surface area contributed by atoms with Gasteiger partial charge in [-0.15, -0.1) is 0 Å². The average Bonchev–Trinajstić information content (AvgIpc) is 2.17. The van der Waals surface area contributed by atoms with Crippen molar-refractivity contribution in [3.63, 3.8) is 0 Å². The van der Waals surface area contributed by atoms with Crippen LogP contribution in [0.4, 0.5) is 14.9 Å². The van der Waals surface area contributed by atoms with Crippen LogP contribution in [0.2, 0.25) is 0 Å². The molecule has 0 radical (unpaired) electrons. The lowest BCUT2D eigenvalue weighted by atomic mass is 10.3. The minimum Gasteiger partial charge on any atom is -0.497 e. The fourth-order valence-corrected chi connectivity index (χ4v) is 1.06. The highest BCUT2D eigenvalue weighted by Crippen LogP contribution is 2.19. The van der Waals surface area contributed by atoms with E-state index in [9.17, 15) is 9.18 Å². The molecule has 0 aliphatic carbocycles. The van der Waals surface area contributed by atoms with Crippen molar-refractivity contribution in [1.82, 2.24) is 0 Å². The molecule has 0 heterocycles. The maximum atomic E-state index is 13.0. The summed E-state index contributed by atoms with van der Waals surface area (Å²) in [5, 5.41) is 2.29. The Bertz CT molecular complexity index is 359. The molecular formula is C9H9ClFNO3. The summed E-state index contributed by atoms with van der Waals surface area (Å²) in [5.41, 5.74) is 0.238. The lowest BCUT2D eigenvalue weighted by Gasteiger charge is -2.06. The van der Waals surface area contributed by atoms with E-state index in [0.717, 1.165) is 6.07 Å². The molecule has 82 valence electrons. The number of methoxy groups -OCH3 is 1. The predicted molar refractivity (Wildman–Crippen MR) is 53.8 cm³/mol. The highest BCUT2D eigenvalue weighted by Gasteiger charge is 2.05. The molecule has 0 atom stereocenters. The van der Waals surface area contributed by atoms with E-state index in [1.807, 2.05) is 0 Å². The number of anilines is 1. The average molecular weight is 234 g/mol. The molecule has 1 aromatic rings. The van der Waals surface area contributed by atoms with Gasteiger partial charge in [0.25, 0.3) is 0 Å². The zero-order chi connectivity index (χ0) is 11.3. The topological polar surface area (TPSA) is 47.6 Å². The molecule has 1 aromatic carbocycles. The van der Waals surface area contributed by atoms with E-state index in [4.69, 9.17) is 16.3 Å². The van der Waals surface area contributed by atoms with Gasteiger partial charge in [-0.2, -0.15) is 0 Å². The molecule has 0 unspecified atom stereocenters. The van der Waals surface area contributed by atoms with Gasteiger partial charge in [0.2, 0.25) is 0 Å². The zero-order valence-electron chi connectivity index (χ0n) is 7.92. The Labute approximate surface area is 90.9 Å². The second-order valence-electron chi connectivity index (χ2n) is 2.55. The first-order chi connectivity index (χ1) is 7.15. The number of ether oxygens (including phenoxy) is 2. The zero-order valence-corrected chi connectivity index (χ0v) is 8.68. The van der Waals surface area contributed by atoms with Crippen molar-refractivity contribution in [3.05, 3.63) is 24.0 Å². The fourth-order valence-electron chi connectivity index (χ4n) is 0.956. The van der Waals surface area contributed by atoms with Crippen LogP contribution in [0.3, 0.4) is 0 Å². The number of benzene rings is 1. The third-order valence-corrected chi connectivity index (χ3v) is 1.65. The molecule has 0 bridgehead atoms. The molecule has 15 heavy (non-hydrogen) atoms. The summed E-state index contributed by atoms with van der Waals surface area (Å²) in [7, 11) is 1.40. The monoisotopic (exact) mass is 233 g/mol. The minimum atomic E-state index is -0.752. The Hall–Kier alpha value is -1.49. The third-order valence-electron chi connectivity index (χ3n) is 1.54. The normalized spacial score (nSPS) is 9.53. The number of hydrogen-bond donors (Lipinski definition) is 1. The van der Waals surface area contributed by atoms with E-state index in [1.54, 1.807) is 0 Å². The van der Waals surface area contributed by atoms with E-state index < -0.39 is 11.9 Å². The second-order valence-corrected chi connectivity index (χ2v) is 2.76. The maximum absolute atomic E-state index is 13.0. The van der Waals surface area contributed by atoms with Crippen LogP contribution < -0.4 is 10.1 Å². The van der Waals surface area contributed by atoms with Crippen molar-refractivity contribution in [2.24, 2.45) is 0 Å². The third kappa shape index (κ3) is 3.63. The summed E-state index contributed by atoms with van der Waals surface area (Å²) >= 11 is 5.17. The van der Waals surface area contributed by atoms with Gasteiger partial charge >= 0.3 is 6.09 Å². The Morgan fingerprint density at radius 1 is 1.53 bits per heavy atom. The molecule has 0 fully saturated rings. The van der Waals surface area contributed by atoms with Gasteiger partial charge in [0.1, 0.15) is 11.6 Å². The standard InChI is InChI=1S/C9H9ClFNO3/c1-14-8-3-6(11)2-7(4-8)12-9(13)15-5-10/h2-4H,5H2,1H3,(H,12,13). The summed E-state index contributed by atoms with van der Waals surface area (Å²) in [6, 6.07) is 3.52. The fraction of sp³-hybridized carbons (Fsp3) is 0.222. The highest BCUT2D eigenvalue weighted by molar-refractivity contribution is 6.17. The molecular weight excluding hydrogens is 225 g/mol. The smallest absolute Gasteiger partial charge is 0.412 e. The number of carbonyl (C=O) groups excluding carboxylic acids is 1. The molecule has 1 rings (SSSR count). The van der Waals surface area contributed by atoms with Crippen LogP contribution in [-0.2, 0) is 4.74 Å². The molecule has 1 amide bonds. The van der Waals surface area contributed by atoms with Gasteiger partial charge in [-0.3, -0.25) is 5.32 Å². The van der Waals surface area contributed by atoms with Crippen molar-refractivity contribution in [2.75, 3.05) is 18.5 Å². The number of hydrogen-bond acceptors (Lipinski definition) is 3. The molecule has 0 aromatic heterocycles. The molecule has 1 N–H and O–H groups in total. The number of carbonyl (C=O) groups is 1. The summed E-state index contributed by atoms with van der Waals surface area (Å²) in [5.74, 6) is -0.216. The van der Waals surface area contributed by atoms with Gasteiger partial charge in [0.05, 0.1) is 12.8 Å². The molecule has 4 nitrogen and oxygen atoms in total. The minimum absolute atomic E-state index is 0.238. The summed E-state index contributed by atoms with van der Waals surface area (Å²) < 4.78 is 22.2. The van der Waals surface area contributed by atoms with Crippen molar-refractivity contribution in [1.29, 1.82) is 0 Å². The van der Waals surface area contributed by atoms with E-state index in [2.05, 4.69) is 10.1 Å². The molecule has 0 aliphatic rings. The Kier molecular flexibility index (Phi) is 4.17. The number of amides is 1. The second kappa shape index (κ2) is 5.41. The molecule has 0 saturated carbocycles. The number of alkyl halides is 1. The van der Waals surface area contributed by atoms with Gasteiger partial charge in [-0.05, 0) is 6.07 Å². The summed E-state index contributed by atoms with van der Waals surface area (Å²) in [6.07, 6.45) is -0.752. The first-order valence-electron chi connectivity index (χ1n) is 4.00. The first-order valence-corrected chi connectivity index (χ1v) is 4.53. The predicted octanol–water partition coefficient (Wildman–Crippen LogP) is 2.58. The van der Waals surface area contributed by atoms with Crippen LogP contribution in [0.25, 0.3) is 0 Å².